The molecule has 0 radical (unpaired) electrons. The monoisotopic (exact) mass is 475 g/mol. The zero-order chi connectivity index (χ0) is 23.6. The second-order valence-corrected chi connectivity index (χ2v) is 12.0. The van der Waals surface area contributed by atoms with Crippen LogP contribution in [0.3, 0.4) is 0 Å². The fourth-order valence-corrected chi connectivity index (χ4v) is 6.84. The van der Waals surface area contributed by atoms with E-state index in [9.17, 15) is 18.0 Å². The van der Waals surface area contributed by atoms with Gasteiger partial charge < -0.3 is 9.80 Å². The van der Waals surface area contributed by atoms with Gasteiger partial charge in [0.25, 0.3) is 0 Å². The molecule has 0 atom stereocenters. The molecule has 2 amide bonds. The summed E-state index contributed by atoms with van der Waals surface area (Å²) >= 11 is 0. The molecule has 0 spiro atoms. The molecule has 0 unspecified atom stereocenters. The summed E-state index contributed by atoms with van der Waals surface area (Å²) in [5.41, 5.74) is 1.66. The van der Waals surface area contributed by atoms with Gasteiger partial charge in [-0.25, -0.2) is 8.42 Å². The number of benzene rings is 1. The van der Waals surface area contributed by atoms with Crippen LogP contribution in [0.15, 0.2) is 23.1 Å². The van der Waals surface area contributed by atoms with Gasteiger partial charge in [-0.3, -0.25) is 9.59 Å². The van der Waals surface area contributed by atoms with Crippen LogP contribution in [0.4, 0.5) is 5.69 Å². The van der Waals surface area contributed by atoms with E-state index in [0.717, 1.165) is 62.9 Å². The van der Waals surface area contributed by atoms with Crippen molar-refractivity contribution in [2.45, 2.75) is 82.1 Å². The molecule has 1 saturated heterocycles. The van der Waals surface area contributed by atoms with Crippen molar-refractivity contribution in [1.29, 1.82) is 0 Å². The van der Waals surface area contributed by atoms with Crippen LogP contribution in [0.2, 0.25) is 0 Å². The highest BCUT2D eigenvalue weighted by molar-refractivity contribution is 7.89. The van der Waals surface area contributed by atoms with Gasteiger partial charge in [-0.2, -0.15) is 4.31 Å². The molecule has 0 aromatic heterocycles. The quantitative estimate of drug-likeness (QED) is 0.630. The van der Waals surface area contributed by atoms with Crippen LogP contribution in [0, 0.1) is 5.92 Å². The van der Waals surface area contributed by atoms with Crippen molar-refractivity contribution in [2.75, 3.05) is 31.6 Å². The van der Waals surface area contributed by atoms with Crippen molar-refractivity contribution in [3.8, 4) is 0 Å². The van der Waals surface area contributed by atoms with Crippen LogP contribution in [0.1, 0.15) is 70.3 Å². The van der Waals surface area contributed by atoms with E-state index in [0.29, 0.717) is 23.8 Å². The Bertz CT molecular complexity index is 979. The highest BCUT2D eigenvalue weighted by atomic mass is 32.2. The van der Waals surface area contributed by atoms with Gasteiger partial charge >= 0.3 is 0 Å². The van der Waals surface area contributed by atoms with Crippen LogP contribution in [-0.2, 0) is 26.0 Å². The summed E-state index contributed by atoms with van der Waals surface area (Å²) < 4.78 is 27.9. The van der Waals surface area contributed by atoms with E-state index in [1.807, 2.05) is 4.90 Å². The zero-order valence-electron chi connectivity index (χ0n) is 20.0. The number of rotatable bonds is 6. The van der Waals surface area contributed by atoms with Gasteiger partial charge in [0.15, 0.2) is 0 Å². The lowest BCUT2D eigenvalue weighted by molar-refractivity contribution is -0.134. The van der Waals surface area contributed by atoms with E-state index < -0.39 is 10.0 Å². The van der Waals surface area contributed by atoms with Crippen LogP contribution in [-0.4, -0.2) is 62.2 Å². The normalized spacial score (nSPS) is 20.3. The molecule has 8 heteroatoms. The fraction of sp³-hybridized carbons (Fsp3) is 0.680. The number of carbonyl (C=O) groups excluding carboxylic acids is 2. The predicted molar refractivity (Wildman–Crippen MR) is 129 cm³/mol. The van der Waals surface area contributed by atoms with Crippen LogP contribution >= 0.6 is 0 Å². The Morgan fingerprint density at radius 1 is 0.970 bits per heavy atom. The third-order valence-electron chi connectivity index (χ3n) is 7.70. The van der Waals surface area contributed by atoms with Crippen molar-refractivity contribution in [3.05, 3.63) is 23.8 Å². The lowest BCUT2D eigenvalue weighted by atomic mass is 9.96. The second kappa shape index (κ2) is 10.1. The molecule has 2 heterocycles. The molecule has 4 rings (SSSR count). The largest absolute Gasteiger partial charge is 0.343 e. The van der Waals surface area contributed by atoms with Gasteiger partial charge in [-0.05, 0) is 61.8 Å². The Hall–Kier alpha value is -1.93. The number of likely N-dealkylation sites (tertiary alicyclic amines) is 1. The van der Waals surface area contributed by atoms with Gasteiger partial charge in [-0.15, -0.1) is 0 Å². The SMILES string of the molecule is CC1CCN(C(=O)CCC(=O)N2CCc3cc(S(=O)(=O)N(C)C4CCCCC4)ccc32)CC1. The van der Waals surface area contributed by atoms with Crippen molar-refractivity contribution in [2.24, 2.45) is 5.92 Å². The van der Waals surface area contributed by atoms with Gasteiger partial charge in [-0.1, -0.05) is 26.2 Å². The number of carbonyl (C=O) groups is 2. The zero-order valence-corrected chi connectivity index (χ0v) is 20.8. The maximum Gasteiger partial charge on any atom is 0.243 e. The van der Waals surface area contributed by atoms with Gasteiger partial charge in [0, 0.05) is 51.3 Å². The molecule has 33 heavy (non-hydrogen) atoms. The number of hydrogen-bond acceptors (Lipinski definition) is 4. The van der Waals surface area contributed by atoms with Gasteiger partial charge in [0.2, 0.25) is 21.8 Å². The molecule has 1 aromatic carbocycles. The third kappa shape index (κ3) is 5.27. The number of anilines is 1. The molecule has 2 fully saturated rings. The summed E-state index contributed by atoms with van der Waals surface area (Å²) in [6.45, 7) is 4.31. The molecule has 3 aliphatic rings. The van der Waals surface area contributed by atoms with Crippen LogP contribution in [0.25, 0.3) is 0 Å². The van der Waals surface area contributed by atoms with Gasteiger partial charge in [0.1, 0.15) is 0 Å². The van der Waals surface area contributed by atoms with Gasteiger partial charge in [0.05, 0.1) is 4.90 Å². The van der Waals surface area contributed by atoms with Crippen molar-refractivity contribution in [3.63, 3.8) is 0 Å². The molecule has 1 saturated carbocycles. The Morgan fingerprint density at radius 3 is 2.33 bits per heavy atom. The first-order chi connectivity index (χ1) is 15.8. The number of nitrogens with zero attached hydrogens (tertiary/aromatic N) is 3. The number of sulfonamides is 1. The van der Waals surface area contributed by atoms with Crippen molar-refractivity contribution >= 4 is 27.5 Å². The highest BCUT2D eigenvalue weighted by Crippen LogP contribution is 2.33. The molecule has 182 valence electrons. The Labute approximate surface area is 198 Å². The van der Waals surface area contributed by atoms with E-state index in [-0.39, 0.29) is 30.7 Å². The standard InChI is InChI=1S/C25H37N3O4S/c1-19-12-15-27(16-13-19)24(29)10-11-25(30)28-17-14-20-18-22(8-9-23(20)28)33(31,32)26(2)21-6-4-3-5-7-21/h8-9,18-19,21H,3-7,10-17H2,1-2H3. The highest BCUT2D eigenvalue weighted by Gasteiger charge is 2.32. The average molecular weight is 476 g/mol. The first-order valence-corrected chi connectivity index (χ1v) is 13.9. The summed E-state index contributed by atoms with van der Waals surface area (Å²) in [6.07, 6.45) is 8.27. The van der Waals surface area contributed by atoms with Crippen molar-refractivity contribution in [1.82, 2.24) is 9.21 Å². The Kier molecular flexibility index (Phi) is 7.43. The maximum absolute atomic E-state index is 13.2. The predicted octanol–water partition coefficient (Wildman–Crippen LogP) is 3.57. The molecule has 0 bridgehead atoms. The maximum atomic E-state index is 13.2. The smallest absolute Gasteiger partial charge is 0.243 e. The molecule has 1 aromatic rings. The lowest BCUT2D eigenvalue weighted by Crippen LogP contribution is -2.38. The van der Waals surface area contributed by atoms with Crippen molar-refractivity contribution < 1.29 is 18.0 Å². The molecule has 0 N–H and O–H groups in total. The molecule has 7 nitrogen and oxygen atoms in total. The number of piperidine rings is 1. The van der Waals surface area contributed by atoms with E-state index in [1.54, 1.807) is 34.5 Å². The first-order valence-electron chi connectivity index (χ1n) is 12.5. The first kappa shape index (κ1) is 24.2. The Balaban J connectivity index is 1.38. The molecular formula is C25H37N3O4S. The number of amides is 2. The summed E-state index contributed by atoms with van der Waals surface area (Å²) in [4.78, 5) is 29.3. The van der Waals surface area contributed by atoms with E-state index in [4.69, 9.17) is 0 Å². The molecule has 2 aliphatic heterocycles. The van der Waals surface area contributed by atoms with Crippen LogP contribution in [0.5, 0.6) is 0 Å². The minimum Gasteiger partial charge on any atom is -0.343 e. The van der Waals surface area contributed by atoms with E-state index in [1.165, 1.54) is 6.42 Å². The third-order valence-corrected chi connectivity index (χ3v) is 9.61. The minimum atomic E-state index is -3.56. The topological polar surface area (TPSA) is 78.0 Å². The summed E-state index contributed by atoms with van der Waals surface area (Å²) in [6, 6.07) is 5.18. The summed E-state index contributed by atoms with van der Waals surface area (Å²) in [5, 5.41) is 0. The Morgan fingerprint density at radius 2 is 1.64 bits per heavy atom. The van der Waals surface area contributed by atoms with Crippen LogP contribution < -0.4 is 4.90 Å². The van der Waals surface area contributed by atoms with E-state index in [2.05, 4.69) is 6.92 Å². The number of fused-ring (bicyclic) bond motifs is 1. The lowest BCUT2D eigenvalue weighted by Gasteiger charge is -2.30. The molecular weight excluding hydrogens is 438 g/mol. The minimum absolute atomic E-state index is 0.0573. The fourth-order valence-electron chi connectivity index (χ4n) is 5.37. The average Bonchev–Trinajstić information content (AvgIpc) is 3.26. The van der Waals surface area contributed by atoms with E-state index >= 15 is 0 Å². The molecule has 1 aliphatic carbocycles. The summed E-state index contributed by atoms with van der Waals surface area (Å²) in [7, 11) is -1.87. The second-order valence-electron chi connectivity index (χ2n) is 9.96. The number of hydrogen-bond donors (Lipinski definition) is 0. The summed E-state index contributed by atoms with van der Waals surface area (Å²) in [5.74, 6) is 0.650.